The Hall–Kier alpha value is -3.62. The van der Waals surface area contributed by atoms with E-state index in [-0.39, 0.29) is 30.0 Å². The van der Waals surface area contributed by atoms with Crippen LogP contribution in [0.25, 0.3) is 16.6 Å². The number of hydrogen-bond acceptors (Lipinski definition) is 6. The highest BCUT2D eigenvalue weighted by atomic mass is 16.6. The minimum Gasteiger partial charge on any atom is -0.444 e. The molecule has 9 heteroatoms. The van der Waals surface area contributed by atoms with Crippen LogP contribution in [0.15, 0.2) is 36.7 Å². The van der Waals surface area contributed by atoms with Crippen LogP contribution in [0.3, 0.4) is 0 Å². The van der Waals surface area contributed by atoms with Gasteiger partial charge in [-0.25, -0.2) is 14.3 Å². The first-order chi connectivity index (χ1) is 17.9. The van der Waals surface area contributed by atoms with Crippen molar-refractivity contribution in [2.24, 2.45) is 0 Å². The molecule has 3 aromatic rings. The van der Waals surface area contributed by atoms with Gasteiger partial charge in [0.15, 0.2) is 5.82 Å². The Bertz CT molecular complexity index is 1320. The number of piperidine rings is 1. The summed E-state index contributed by atoms with van der Waals surface area (Å²) in [5.74, 6) is 0.334. The minimum atomic E-state index is -0.559. The summed E-state index contributed by atoms with van der Waals surface area (Å²) in [6, 6.07) is 9.78. The van der Waals surface area contributed by atoms with E-state index in [1.807, 2.05) is 82.1 Å². The number of carbonyl (C=O) groups is 2. The fourth-order valence-corrected chi connectivity index (χ4v) is 5.41. The molecule has 3 heterocycles. The Morgan fingerprint density at radius 2 is 1.79 bits per heavy atom. The van der Waals surface area contributed by atoms with E-state index < -0.39 is 5.60 Å². The Morgan fingerprint density at radius 3 is 2.45 bits per heavy atom. The van der Waals surface area contributed by atoms with Gasteiger partial charge in [0.2, 0.25) is 0 Å². The molecule has 1 atom stereocenters. The number of benzene rings is 1. The number of anilines is 1. The molecule has 0 spiro atoms. The summed E-state index contributed by atoms with van der Waals surface area (Å²) < 4.78 is 7.46. The summed E-state index contributed by atoms with van der Waals surface area (Å²) in [7, 11) is 0. The molecule has 1 aliphatic rings. The molecule has 2 N–H and O–H groups in total. The molecule has 1 aromatic carbocycles. The number of fused-ring (bicyclic) bond motifs is 1. The van der Waals surface area contributed by atoms with Crippen molar-refractivity contribution < 1.29 is 14.3 Å². The number of aromatic nitrogens is 3. The standard InChI is InChI=1S/C29H40N6O3/c1-18(2)34(19(3)4)27(36)22-13-9-8-12-21(22)23-15-24(35-25(23)26(30)31-17-32-35)20-11-10-14-33(16-20)28(37)38-29(5,6)7/h8-9,12-13,15,17-20H,10-11,14,16H2,1-7H3,(H2,30,31,32). The molecule has 0 aliphatic carbocycles. The van der Waals surface area contributed by atoms with Gasteiger partial charge in [0.1, 0.15) is 17.4 Å². The van der Waals surface area contributed by atoms with Gasteiger partial charge in [-0.05, 0) is 79.0 Å². The van der Waals surface area contributed by atoms with Crippen LogP contribution in [0.5, 0.6) is 0 Å². The van der Waals surface area contributed by atoms with E-state index in [0.29, 0.717) is 30.0 Å². The van der Waals surface area contributed by atoms with E-state index in [1.54, 1.807) is 4.90 Å². The third kappa shape index (κ3) is 5.47. The van der Waals surface area contributed by atoms with E-state index in [9.17, 15) is 9.59 Å². The smallest absolute Gasteiger partial charge is 0.410 e. The molecule has 2 amide bonds. The van der Waals surface area contributed by atoms with Crippen molar-refractivity contribution in [1.82, 2.24) is 24.4 Å². The fourth-order valence-electron chi connectivity index (χ4n) is 5.41. The van der Waals surface area contributed by atoms with Gasteiger partial charge in [0.05, 0.1) is 0 Å². The summed E-state index contributed by atoms with van der Waals surface area (Å²) in [6.07, 6.45) is 2.88. The highest BCUT2D eigenvalue weighted by Gasteiger charge is 2.32. The lowest BCUT2D eigenvalue weighted by molar-refractivity contribution is 0.0196. The van der Waals surface area contributed by atoms with Crippen molar-refractivity contribution in [3.63, 3.8) is 0 Å². The van der Waals surface area contributed by atoms with Gasteiger partial charge in [0.25, 0.3) is 5.91 Å². The molecule has 1 saturated heterocycles. The van der Waals surface area contributed by atoms with E-state index in [0.717, 1.165) is 29.7 Å². The molecular formula is C29H40N6O3. The SMILES string of the molecule is CC(C)N(C(=O)c1ccccc1-c1cc(C2CCCN(C(=O)OC(C)(C)C)C2)n2ncnc(N)c12)C(C)C. The van der Waals surface area contributed by atoms with Crippen LogP contribution in [0.4, 0.5) is 10.6 Å². The average molecular weight is 521 g/mol. The van der Waals surface area contributed by atoms with Crippen LogP contribution in [0.2, 0.25) is 0 Å². The van der Waals surface area contributed by atoms with Gasteiger partial charge in [-0.1, -0.05) is 18.2 Å². The van der Waals surface area contributed by atoms with Crippen LogP contribution < -0.4 is 5.73 Å². The largest absolute Gasteiger partial charge is 0.444 e. The van der Waals surface area contributed by atoms with Crippen LogP contribution >= 0.6 is 0 Å². The lowest BCUT2D eigenvalue weighted by Gasteiger charge is -2.34. The zero-order valence-electron chi connectivity index (χ0n) is 23.6. The number of ether oxygens (including phenoxy) is 1. The maximum absolute atomic E-state index is 13.8. The molecule has 38 heavy (non-hydrogen) atoms. The van der Waals surface area contributed by atoms with E-state index >= 15 is 0 Å². The first kappa shape index (κ1) is 27.4. The van der Waals surface area contributed by atoms with Crippen LogP contribution in [0.1, 0.15) is 83.3 Å². The van der Waals surface area contributed by atoms with E-state index in [1.165, 1.54) is 6.33 Å². The Morgan fingerprint density at radius 1 is 1.11 bits per heavy atom. The molecule has 0 bridgehead atoms. The fraction of sp³-hybridized carbons (Fsp3) is 0.517. The number of nitrogen functional groups attached to an aromatic ring is 1. The third-order valence-electron chi connectivity index (χ3n) is 6.90. The topological polar surface area (TPSA) is 106 Å². The number of nitrogens with zero attached hydrogens (tertiary/aromatic N) is 5. The number of amides is 2. The molecule has 4 rings (SSSR count). The quantitative estimate of drug-likeness (QED) is 0.486. The Kier molecular flexibility index (Phi) is 7.67. The molecule has 204 valence electrons. The lowest BCUT2D eigenvalue weighted by Crippen LogP contribution is -2.42. The van der Waals surface area contributed by atoms with Crippen molar-refractivity contribution in [1.29, 1.82) is 0 Å². The van der Waals surface area contributed by atoms with Crippen molar-refractivity contribution in [2.45, 2.75) is 84.9 Å². The predicted octanol–water partition coefficient (Wildman–Crippen LogP) is 5.35. The molecule has 0 radical (unpaired) electrons. The maximum Gasteiger partial charge on any atom is 0.410 e. The summed E-state index contributed by atoms with van der Waals surface area (Å²) in [6.45, 7) is 14.9. The lowest BCUT2D eigenvalue weighted by atomic mass is 9.93. The summed E-state index contributed by atoms with van der Waals surface area (Å²) in [4.78, 5) is 34.5. The summed E-state index contributed by atoms with van der Waals surface area (Å²) in [5, 5.41) is 4.55. The van der Waals surface area contributed by atoms with Gasteiger partial charge < -0.3 is 20.3 Å². The second-order valence-electron chi connectivity index (χ2n) is 11.6. The van der Waals surface area contributed by atoms with Crippen molar-refractivity contribution in [3.05, 3.63) is 47.9 Å². The summed E-state index contributed by atoms with van der Waals surface area (Å²) in [5.41, 5.74) is 9.66. The summed E-state index contributed by atoms with van der Waals surface area (Å²) >= 11 is 0. The van der Waals surface area contributed by atoms with Crippen molar-refractivity contribution in [3.8, 4) is 11.1 Å². The number of nitrogens with two attached hydrogens (primary N) is 1. The number of carbonyl (C=O) groups excluding carboxylic acids is 2. The highest BCUT2D eigenvalue weighted by Crippen LogP contribution is 2.38. The highest BCUT2D eigenvalue weighted by molar-refractivity contribution is 6.04. The predicted molar refractivity (Wildman–Crippen MR) is 149 cm³/mol. The van der Waals surface area contributed by atoms with Crippen LogP contribution in [-0.2, 0) is 4.74 Å². The molecule has 2 aromatic heterocycles. The monoisotopic (exact) mass is 520 g/mol. The first-order valence-electron chi connectivity index (χ1n) is 13.4. The van der Waals surface area contributed by atoms with Crippen LogP contribution in [0, 0.1) is 0 Å². The van der Waals surface area contributed by atoms with Crippen molar-refractivity contribution >= 4 is 23.3 Å². The third-order valence-corrected chi connectivity index (χ3v) is 6.90. The Labute approximate surface area is 225 Å². The number of hydrogen-bond donors (Lipinski definition) is 1. The van der Waals surface area contributed by atoms with Gasteiger partial charge in [-0.15, -0.1) is 0 Å². The van der Waals surface area contributed by atoms with Gasteiger partial charge in [-0.3, -0.25) is 4.79 Å². The van der Waals surface area contributed by atoms with Gasteiger partial charge in [0, 0.05) is 47.9 Å². The minimum absolute atomic E-state index is 0.0255. The first-order valence-corrected chi connectivity index (χ1v) is 13.4. The van der Waals surface area contributed by atoms with Crippen molar-refractivity contribution in [2.75, 3.05) is 18.8 Å². The molecular weight excluding hydrogens is 480 g/mol. The second-order valence-corrected chi connectivity index (χ2v) is 11.6. The zero-order valence-corrected chi connectivity index (χ0v) is 23.6. The maximum atomic E-state index is 13.8. The van der Waals surface area contributed by atoms with E-state index in [4.69, 9.17) is 10.5 Å². The zero-order chi connectivity index (χ0) is 27.8. The van der Waals surface area contributed by atoms with E-state index in [2.05, 4.69) is 16.1 Å². The molecule has 1 unspecified atom stereocenters. The molecule has 9 nitrogen and oxygen atoms in total. The number of likely N-dealkylation sites (tertiary alicyclic amines) is 1. The molecule has 0 saturated carbocycles. The Balaban J connectivity index is 1.79. The van der Waals surface area contributed by atoms with Crippen LogP contribution in [-0.4, -0.2) is 67.2 Å². The molecule has 1 aliphatic heterocycles. The normalized spacial score (nSPS) is 16.3. The molecule has 1 fully saturated rings. The van der Waals surface area contributed by atoms with Gasteiger partial charge >= 0.3 is 6.09 Å². The number of rotatable bonds is 5. The second kappa shape index (κ2) is 10.6. The van der Waals surface area contributed by atoms with Gasteiger partial charge in [-0.2, -0.15) is 5.10 Å². The average Bonchev–Trinajstić information content (AvgIpc) is 3.23.